The molecule has 18 heavy (non-hydrogen) atoms. The van der Waals surface area contributed by atoms with E-state index in [1.807, 2.05) is 24.3 Å². The van der Waals surface area contributed by atoms with E-state index in [2.05, 4.69) is 16.8 Å². The lowest BCUT2D eigenvalue weighted by atomic mass is 10.0. The number of para-hydroxylation sites is 1. The summed E-state index contributed by atoms with van der Waals surface area (Å²) >= 11 is 0. The Morgan fingerprint density at radius 1 is 1.22 bits per heavy atom. The van der Waals surface area contributed by atoms with Gasteiger partial charge in [-0.05, 0) is 6.07 Å². The molecule has 2 rings (SSSR count). The average Bonchev–Trinajstić information content (AvgIpc) is 2.34. The van der Waals surface area contributed by atoms with Crippen molar-refractivity contribution in [2.45, 2.75) is 6.04 Å². The van der Waals surface area contributed by atoms with Gasteiger partial charge in [-0.25, -0.2) is 0 Å². The Labute approximate surface area is 121 Å². The summed E-state index contributed by atoms with van der Waals surface area (Å²) in [6, 6.07) is 7.60. The van der Waals surface area contributed by atoms with Gasteiger partial charge in [-0.3, -0.25) is 4.90 Å². The zero-order valence-corrected chi connectivity index (χ0v) is 11.8. The number of benzene rings is 1. The Morgan fingerprint density at radius 2 is 1.83 bits per heavy atom. The van der Waals surface area contributed by atoms with Gasteiger partial charge in [0.25, 0.3) is 0 Å². The molecule has 0 bridgehead atoms. The number of nitrogens with zero attached hydrogens (tertiary/aromatic N) is 1. The summed E-state index contributed by atoms with van der Waals surface area (Å²) in [7, 11) is 0. The highest BCUT2D eigenvalue weighted by Crippen LogP contribution is 2.29. The van der Waals surface area contributed by atoms with Crippen molar-refractivity contribution in [2.24, 2.45) is 0 Å². The molecule has 1 aliphatic rings. The number of hydrogen-bond acceptors (Lipinski definition) is 3. The van der Waals surface area contributed by atoms with Crippen molar-refractivity contribution in [3.8, 4) is 5.75 Å². The van der Waals surface area contributed by atoms with Crippen LogP contribution in [-0.2, 0) is 0 Å². The number of nitrogens with one attached hydrogen (secondary N) is 1. The van der Waals surface area contributed by atoms with Gasteiger partial charge in [-0.2, -0.15) is 0 Å². The standard InChI is InChI=1S/C13H18N2O.2ClH/c1-2-12(15-9-7-14-8-10-15)11-5-3-4-6-13(11)16;;/h2-6,12,14,16H,1,7-10H2;2*1H/t12-;;/m1../s1. The highest BCUT2D eigenvalue weighted by molar-refractivity contribution is 5.85. The second-order valence-corrected chi connectivity index (χ2v) is 4.03. The van der Waals surface area contributed by atoms with E-state index in [4.69, 9.17) is 0 Å². The lowest BCUT2D eigenvalue weighted by Crippen LogP contribution is -2.44. The molecule has 1 fully saturated rings. The topological polar surface area (TPSA) is 35.5 Å². The quantitative estimate of drug-likeness (QED) is 0.839. The molecule has 0 saturated carbocycles. The number of rotatable bonds is 3. The predicted molar refractivity (Wildman–Crippen MR) is 80.0 cm³/mol. The van der Waals surface area contributed by atoms with Gasteiger partial charge in [-0.1, -0.05) is 24.3 Å². The summed E-state index contributed by atoms with van der Waals surface area (Å²) in [5, 5.41) is 13.2. The third-order valence-electron chi connectivity index (χ3n) is 3.02. The predicted octanol–water partition coefficient (Wildman–Crippen LogP) is 2.37. The van der Waals surface area contributed by atoms with Crippen molar-refractivity contribution in [3.05, 3.63) is 42.5 Å². The fourth-order valence-electron chi connectivity index (χ4n) is 2.17. The minimum Gasteiger partial charge on any atom is -0.508 e. The van der Waals surface area contributed by atoms with E-state index >= 15 is 0 Å². The molecule has 1 atom stereocenters. The summed E-state index contributed by atoms with van der Waals surface area (Å²) in [6.45, 7) is 7.86. The molecule has 5 heteroatoms. The summed E-state index contributed by atoms with van der Waals surface area (Å²) in [4.78, 5) is 2.33. The number of aromatic hydroxyl groups is 1. The molecule has 102 valence electrons. The first-order chi connectivity index (χ1) is 7.83. The van der Waals surface area contributed by atoms with Crippen molar-refractivity contribution < 1.29 is 5.11 Å². The smallest absolute Gasteiger partial charge is 0.120 e. The maximum absolute atomic E-state index is 9.85. The van der Waals surface area contributed by atoms with Crippen molar-refractivity contribution in [1.29, 1.82) is 0 Å². The fourth-order valence-corrected chi connectivity index (χ4v) is 2.17. The average molecular weight is 291 g/mol. The van der Waals surface area contributed by atoms with Crippen LogP contribution in [0.15, 0.2) is 36.9 Å². The van der Waals surface area contributed by atoms with Crippen LogP contribution < -0.4 is 5.32 Å². The zero-order valence-electron chi connectivity index (χ0n) is 10.2. The maximum Gasteiger partial charge on any atom is 0.120 e. The maximum atomic E-state index is 9.85. The largest absolute Gasteiger partial charge is 0.508 e. The first-order valence-electron chi connectivity index (χ1n) is 5.68. The SMILES string of the molecule is C=C[C@H](c1ccccc1O)N1CCNCC1.Cl.Cl. The molecule has 2 N–H and O–H groups in total. The van der Waals surface area contributed by atoms with Gasteiger partial charge < -0.3 is 10.4 Å². The van der Waals surface area contributed by atoms with Crippen LogP contribution in [0, 0.1) is 0 Å². The van der Waals surface area contributed by atoms with Gasteiger partial charge in [0.05, 0.1) is 6.04 Å². The monoisotopic (exact) mass is 290 g/mol. The second-order valence-electron chi connectivity index (χ2n) is 4.03. The molecule has 1 saturated heterocycles. The van der Waals surface area contributed by atoms with E-state index in [9.17, 15) is 5.11 Å². The molecule has 1 heterocycles. The van der Waals surface area contributed by atoms with Crippen LogP contribution in [0.1, 0.15) is 11.6 Å². The molecular weight excluding hydrogens is 271 g/mol. The van der Waals surface area contributed by atoms with Gasteiger partial charge >= 0.3 is 0 Å². The minimum absolute atomic E-state index is 0. The molecule has 0 aliphatic carbocycles. The lowest BCUT2D eigenvalue weighted by molar-refractivity contribution is 0.201. The Morgan fingerprint density at radius 3 is 2.39 bits per heavy atom. The molecule has 3 nitrogen and oxygen atoms in total. The summed E-state index contributed by atoms with van der Waals surface area (Å²) < 4.78 is 0. The highest BCUT2D eigenvalue weighted by Gasteiger charge is 2.21. The summed E-state index contributed by atoms with van der Waals surface area (Å²) in [6.07, 6.45) is 1.90. The lowest BCUT2D eigenvalue weighted by Gasteiger charge is -2.33. The third-order valence-corrected chi connectivity index (χ3v) is 3.02. The molecule has 0 spiro atoms. The molecule has 1 aromatic carbocycles. The van der Waals surface area contributed by atoms with Crippen LogP contribution in [0.5, 0.6) is 5.75 Å². The number of halogens is 2. The van der Waals surface area contributed by atoms with Crippen molar-refractivity contribution in [3.63, 3.8) is 0 Å². The van der Waals surface area contributed by atoms with Crippen molar-refractivity contribution >= 4 is 24.8 Å². The number of phenols is 1. The molecule has 0 amide bonds. The van der Waals surface area contributed by atoms with Crippen molar-refractivity contribution in [1.82, 2.24) is 10.2 Å². The third kappa shape index (κ3) is 3.89. The molecule has 1 aliphatic heterocycles. The van der Waals surface area contributed by atoms with E-state index in [1.165, 1.54) is 0 Å². The number of hydrogen-bond donors (Lipinski definition) is 2. The van der Waals surface area contributed by atoms with Gasteiger partial charge in [0.1, 0.15) is 5.75 Å². The summed E-state index contributed by atoms with van der Waals surface area (Å²) in [5.41, 5.74) is 0.944. The van der Waals surface area contributed by atoms with Gasteiger partial charge in [0.2, 0.25) is 0 Å². The van der Waals surface area contributed by atoms with E-state index in [0.29, 0.717) is 5.75 Å². The van der Waals surface area contributed by atoms with Crippen LogP contribution in [-0.4, -0.2) is 36.2 Å². The van der Waals surface area contributed by atoms with Crippen LogP contribution in [0.3, 0.4) is 0 Å². The Balaban J connectivity index is 0.00000144. The van der Waals surface area contributed by atoms with Gasteiger partial charge in [0.15, 0.2) is 0 Å². The van der Waals surface area contributed by atoms with Crippen LogP contribution in [0.2, 0.25) is 0 Å². The Hall–Kier alpha value is -0.740. The first kappa shape index (κ1) is 17.3. The van der Waals surface area contributed by atoms with E-state index in [-0.39, 0.29) is 30.9 Å². The second kappa shape index (κ2) is 8.38. The van der Waals surface area contributed by atoms with E-state index in [0.717, 1.165) is 31.7 Å². The Kier molecular flexibility index (Phi) is 8.03. The molecule has 0 aromatic heterocycles. The fraction of sp³-hybridized carbons (Fsp3) is 0.385. The zero-order chi connectivity index (χ0) is 11.4. The molecule has 0 unspecified atom stereocenters. The van der Waals surface area contributed by atoms with E-state index < -0.39 is 0 Å². The van der Waals surface area contributed by atoms with Crippen molar-refractivity contribution in [2.75, 3.05) is 26.2 Å². The minimum atomic E-state index is 0. The van der Waals surface area contributed by atoms with Gasteiger partial charge in [0, 0.05) is 31.7 Å². The van der Waals surface area contributed by atoms with E-state index in [1.54, 1.807) is 6.07 Å². The van der Waals surface area contributed by atoms with Crippen LogP contribution in [0.25, 0.3) is 0 Å². The van der Waals surface area contributed by atoms with Crippen LogP contribution in [0.4, 0.5) is 0 Å². The van der Waals surface area contributed by atoms with Crippen LogP contribution >= 0.6 is 24.8 Å². The molecule has 0 radical (unpaired) electrons. The first-order valence-corrected chi connectivity index (χ1v) is 5.68. The molecule has 1 aromatic rings. The highest BCUT2D eigenvalue weighted by atomic mass is 35.5. The Bertz CT molecular complexity index is 368. The number of piperazine rings is 1. The molecular formula is C13H20Cl2N2O. The number of phenolic OH excluding ortho intramolecular Hbond substituents is 1. The summed E-state index contributed by atoms with van der Waals surface area (Å²) in [5.74, 6) is 0.353. The van der Waals surface area contributed by atoms with Gasteiger partial charge in [-0.15, -0.1) is 31.4 Å². The normalized spacial score (nSPS) is 17.1.